The van der Waals surface area contributed by atoms with E-state index >= 15 is 0 Å². The molecule has 1 saturated carbocycles. The summed E-state index contributed by atoms with van der Waals surface area (Å²) in [5, 5.41) is 0. The van der Waals surface area contributed by atoms with Crippen LogP contribution < -0.4 is 5.73 Å². The summed E-state index contributed by atoms with van der Waals surface area (Å²) in [4.78, 5) is 2.64. The minimum Gasteiger partial charge on any atom is -0.330 e. The first-order valence-corrected chi connectivity index (χ1v) is 6.61. The summed E-state index contributed by atoms with van der Waals surface area (Å²) in [6, 6.07) is 0.820. The summed E-state index contributed by atoms with van der Waals surface area (Å²) in [5.74, 6) is 1.82. The van der Waals surface area contributed by atoms with Gasteiger partial charge in [0, 0.05) is 6.04 Å². The standard InChI is InChI=1S/C13H28N2/c1-4-15(7-5-6-14)13-9-11(2)8-12(3)10-13/h11-13H,4-10,14H2,1-3H3. The first kappa shape index (κ1) is 13.0. The summed E-state index contributed by atoms with van der Waals surface area (Å²) < 4.78 is 0. The summed E-state index contributed by atoms with van der Waals surface area (Å²) in [5.41, 5.74) is 5.59. The van der Waals surface area contributed by atoms with Gasteiger partial charge in [-0.05, 0) is 57.2 Å². The van der Waals surface area contributed by atoms with Gasteiger partial charge in [-0.3, -0.25) is 0 Å². The van der Waals surface area contributed by atoms with Gasteiger partial charge in [0.2, 0.25) is 0 Å². The third kappa shape index (κ3) is 4.12. The largest absolute Gasteiger partial charge is 0.330 e. The first-order valence-electron chi connectivity index (χ1n) is 6.61. The Hall–Kier alpha value is -0.0800. The molecule has 2 heteroatoms. The molecule has 1 rings (SSSR count). The van der Waals surface area contributed by atoms with E-state index < -0.39 is 0 Å². The Morgan fingerprint density at radius 1 is 1.13 bits per heavy atom. The molecule has 90 valence electrons. The third-order valence-electron chi connectivity index (χ3n) is 3.73. The number of rotatable bonds is 5. The van der Waals surface area contributed by atoms with Crippen LogP contribution >= 0.6 is 0 Å². The summed E-state index contributed by atoms with van der Waals surface area (Å²) in [6.45, 7) is 10.3. The lowest BCUT2D eigenvalue weighted by Gasteiger charge is -2.38. The molecular weight excluding hydrogens is 184 g/mol. The van der Waals surface area contributed by atoms with Crippen molar-refractivity contribution >= 4 is 0 Å². The normalized spacial score (nSPS) is 32.2. The SMILES string of the molecule is CCN(CCCN)C1CC(C)CC(C)C1. The van der Waals surface area contributed by atoms with Gasteiger partial charge in [0.15, 0.2) is 0 Å². The van der Waals surface area contributed by atoms with Crippen LogP contribution in [0.4, 0.5) is 0 Å². The molecule has 0 aliphatic heterocycles. The van der Waals surface area contributed by atoms with Crippen LogP contribution in [0.15, 0.2) is 0 Å². The monoisotopic (exact) mass is 212 g/mol. The van der Waals surface area contributed by atoms with E-state index in [1.807, 2.05) is 0 Å². The second-order valence-corrected chi connectivity index (χ2v) is 5.34. The van der Waals surface area contributed by atoms with Crippen molar-refractivity contribution in [2.24, 2.45) is 17.6 Å². The van der Waals surface area contributed by atoms with Gasteiger partial charge < -0.3 is 10.6 Å². The number of nitrogens with two attached hydrogens (primary N) is 1. The minimum atomic E-state index is 0.820. The molecule has 1 fully saturated rings. The Morgan fingerprint density at radius 2 is 1.73 bits per heavy atom. The summed E-state index contributed by atoms with van der Waals surface area (Å²) >= 11 is 0. The molecule has 1 aliphatic rings. The van der Waals surface area contributed by atoms with Crippen molar-refractivity contribution in [3.63, 3.8) is 0 Å². The van der Waals surface area contributed by atoms with Gasteiger partial charge in [-0.25, -0.2) is 0 Å². The Labute approximate surface area is 95.2 Å². The van der Waals surface area contributed by atoms with Crippen LogP contribution in [0, 0.1) is 11.8 Å². The molecule has 2 atom stereocenters. The van der Waals surface area contributed by atoms with E-state index in [0.29, 0.717) is 0 Å². The van der Waals surface area contributed by atoms with Crippen LogP contribution in [0.25, 0.3) is 0 Å². The average Bonchev–Trinajstić information content (AvgIpc) is 2.17. The molecule has 0 aromatic carbocycles. The molecule has 2 nitrogen and oxygen atoms in total. The Balaban J connectivity index is 2.43. The zero-order valence-electron chi connectivity index (χ0n) is 10.7. The number of hydrogen-bond donors (Lipinski definition) is 1. The fraction of sp³-hybridized carbons (Fsp3) is 1.00. The minimum absolute atomic E-state index is 0.820. The lowest BCUT2D eigenvalue weighted by molar-refractivity contribution is 0.114. The van der Waals surface area contributed by atoms with Crippen LogP contribution in [-0.2, 0) is 0 Å². The smallest absolute Gasteiger partial charge is 0.0100 e. The number of nitrogens with zero attached hydrogens (tertiary/aromatic N) is 1. The fourth-order valence-electron chi connectivity index (χ4n) is 3.10. The zero-order valence-corrected chi connectivity index (χ0v) is 10.7. The highest BCUT2D eigenvalue weighted by molar-refractivity contribution is 4.81. The van der Waals surface area contributed by atoms with E-state index in [-0.39, 0.29) is 0 Å². The molecule has 0 radical (unpaired) electrons. The Kier molecular flexibility index (Phi) is 5.62. The van der Waals surface area contributed by atoms with Crippen molar-refractivity contribution in [3.05, 3.63) is 0 Å². The van der Waals surface area contributed by atoms with Crippen LogP contribution in [0.5, 0.6) is 0 Å². The van der Waals surface area contributed by atoms with E-state index in [9.17, 15) is 0 Å². The van der Waals surface area contributed by atoms with E-state index in [1.165, 1.54) is 32.4 Å². The second-order valence-electron chi connectivity index (χ2n) is 5.34. The molecule has 0 spiro atoms. The maximum absolute atomic E-state index is 5.59. The molecule has 15 heavy (non-hydrogen) atoms. The van der Waals surface area contributed by atoms with Crippen LogP contribution in [0.2, 0.25) is 0 Å². The average molecular weight is 212 g/mol. The van der Waals surface area contributed by atoms with Gasteiger partial charge in [0.25, 0.3) is 0 Å². The fourth-order valence-corrected chi connectivity index (χ4v) is 3.10. The van der Waals surface area contributed by atoms with Crippen LogP contribution in [-0.4, -0.2) is 30.6 Å². The Bertz CT molecular complexity index is 160. The highest BCUT2D eigenvalue weighted by atomic mass is 15.1. The van der Waals surface area contributed by atoms with Gasteiger partial charge in [-0.15, -0.1) is 0 Å². The molecule has 0 amide bonds. The first-order chi connectivity index (χ1) is 7.17. The van der Waals surface area contributed by atoms with Gasteiger partial charge >= 0.3 is 0 Å². The molecule has 0 heterocycles. The molecule has 0 aromatic rings. The third-order valence-corrected chi connectivity index (χ3v) is 3.73. The highest BCUT2D eigenvalue weighted by Gasteiger charge is 2.27. The summed E-state index contributed by atoms with van der Waals surface area (Å²) in [6.07, 6.45) is 5.35. The van der Waals surface area contributed by atoms with Crippen LogP contribution in [0.1, 0.15) is 46.5 Å². The molecule has 0 saturated heterocycles. The molecule has 2 N–H and O–H groups in total. The van der Waals surface area contributed by atoms with Crippen molar-refractivity contribution in [3.8, 4) is 0 Å². The molecule has 2 unspecified atom stereocenters. The molecule has 1 aliphatic carbocycles. The molecule has 0 aromatic heterocycles. The van der Waals surface area contributed by atoms with Crippen molar-refractivity contribution < 1.29 is 0 Å². The quantitative estimate of drug-likeness (QED) is 0.758. The van der Waals surface area contributed by atoms with Gasteiger partial charge in [0.1, 0.15) is 0 Å². The van der Waals surface area contributed by atoms with E-state index in [4.69, 9.17) is 5.73 Å². The maximum atomic E-state index is 5.59. The van der Waals surface area contributed by atoms with Gasteiger partial charge in [-0.1, -0.05) is 20.8 Å². The van der Waals surface area contributed by atoms with Gasteiger partial charge in [0.05, 0.1) is 0 Å². The molecule has 0 bridgehead atoms. The predicted octanol–water partition coefficient (Wildman–Crippen LogP) is 2.48. The number of hydrogen-bond acceptors (Lipinski definition) is 2. The predicted molar refractivity (Wildman–Crippen MR) is 66.9 cm³/mol. The second kappa shape index (κ2) is 6.49. The maximum Gasteiger partial charge on any atom is 0.0100 e. The summed E-state index contributed by atoms with van der Waals surface area (Å²) in [7, 11) is 0. The zero-order chi connectivity index (χ0) is 11.3. The van der Waals surface area contributed by atoms with Crippen molar-refractivity contribution in [2.75, 3.05) is 19.6 Å². The van der Waals surface area contributed by atoms with Crippen molar-refractivity contribution in [1.29, 1.82) is 0 Å². The Morgan fingerprint density at radius 3 is 2.20 bits per heavy atom. The van der Waals surface area contributed by atoms with E-state index in [2.05, 4.69) is 25.7 Å². The lowest BCUT2D eigenvalue weighted by Crippen LogP contribution is -2.41. The van der Waals surface area contributed by atoms with Crippen molar-refractivity contribution in [2.45, 2.75) is 52.5 Å². The lowest BCUT2D eigenvalue weighted by atomic mass is 9.80. The van der Waals surface area contributed by atoms with Crippen molar-refractivity contribution in [1.82, 2.24) is 4.90 Å². The highest BCUT2D eigenvalue weighted by Crippen LogP contribution is 2.31. The van der Waals surface area contributed by atoms with Crippen LogP contribution in [0.3, 0.4) is 0 Å². The van der Waals surface area contributed by atoms with E-state index in [1.54, 1.807) is 0 Å². The topological polar surface area (TPSA) is 29.3 Å². The van der Waals surface area contributed by atoms with Gasteiger partial charge in [-0.2, -0.15) is 0 Å². The van der Waals surface area contributed by atoms with E-state index in [0.717, 1.165) is 30.8 Å². The molecular formula is C13H28N2.